The average molecular weight is 251 g/mol. The van der Waals surface area contributed by atoms with Crippen molar-refractivity contribution in [2.45, 2.75) is 12.8 Å². The first kappa shape index (κ1) is 12.2. The van der Waals surface area contributed by atoms with Gasteiger partial charge in [0.15, 0.2) is 0 Å². The number of aliphatic hydroxyl groups excluding tert-OH is 1. The Balaban J connectivity index is 2.18. The summed E-state index contributed by atoms with van der Waals surface area (Å²) in [6.07, 6.45) is 1.90. The zero-order valence-corrected chi connectivity index (χ0v) is 10.3. The van der Waals surface area contributed by atoms with Crippen molar-refractivity contribution >= 4 is 17.3 Å². The summed E-state index contributed by atoms with van der Waals surface area (Å²) in [6.45, 7) is 2.06. The molecule has 90 valence electrons. The van der Waals surface area contributed by atoms with Crippen LogP contribution in [0, 0.1) is 17.2 Å². The lowest BCUT2D eigenvalue weighted by Gasteiger charge is -2.20. The van der Waals surface area contributed by atoms with Crippen LogP contribution in [-0.2, 0) is 0 Å². The molecule has 3 nitrogen and oxygen atoms in total. The fourth-order valence-electron chi connectivity index (χ4n) is 2.33. The van der Waals surface area contributed by atoms with E-state index >= 15 is 0 Å². The van der Waals surface area contributed by atoms with Crippen LogP contribution in [0.4, 0.5) is 5.69 Å². The SMILES string of the molecule is N#Cc1ccc(Cl)cc1N1CCC(CCO)C1. The molecule has 1 N–H and O–H groups in total. The summed E-state index contributed by atoms with van der Waals surface area (Å²) in [7, 11) is 0. The van der Waals surface area contributed by atoms with Crippen molar-refractivity contribution in [1.29, 1.82) is 5.26 Å². The highest BCUT2D eigenvalue weighted by Crippen LogP contribution is 2.30. The molecule has 1 saturated heterocycles. The summed E-state index contributed by atoms with van der Waals surface area (Å²) in [4.78, 5) is 2.19. The molecule has 1 atom stereocenters. The summed E-state index contributed by atoms with van der Waals surface area (Å²) in [5.74, 6) is 0.519. The topological polar surface area (TPSA) is 47.3 Å². The predicted molar refractivity (Wildman–Crippen MR) is 68.2 cm³/mol. The molecule has 4 heteroatoms. The van der Waals surface area contributed by atoms with Gasteiger partial charge in [-0.1, -0.05) is 11.6 Å². The van der Waals surface area contributed by atoms with E-state index in [9.17, 15) is 0 Å². The molecule has 1 aromatic rings. The van der Waals surface area contributed by atoms with Crippen molar-refractivity contribution in [3.8, 4) is 6.07 Å². The lowest BCUT2D eigenvalue weighted by atomic mass is 10.1. The molecule has 1 fully saturated rings. The molecule has 0 spiro atoms. The van der Waals surface area contributed by atoms with Gasteiger partial charge in [-0.25, -0.2) is 0 Å². The van der Waals surface area contributed by atoms with E-state index in [2.05, 4.69) is 11.0 Å². The Morgan fingerprint density at radius 2 is 2.35 bits per heavy atom. The number of nitrogens with zero attached hydrogens (tertiary/aromatic N) is 2. The van der Waals surface area contributed by atoms with Gasteiger partial charge in [-0.3, -0.25) is 0 Å². The Morgan fingerprint density at radius 1 is 1.53 bits per heavy atom. The molecule has 0 aromatic heterocycles. The third-order valence-electron chi connectivity index (χ3n) is 3.24. The molecule has 2 rings (SSSR count). The summed E-state index contributed by atoms with van der Waals surface area (Å²) in [6, 6.07) is 7.55. The van der Waals surface area contributed by atoms with Gasteiger partial charge in [0.05, 0.1) is 11.3 Å². The number of halogens is 1. The van der Waals surface area contributed by atoms with Crippen LogP contribution in [0.25, 0.3) is 0 Å². The van der Waals surface area contributed by atoms with Crippen LogP contribution in [0.15, 0.2) is 18.2 Å². The van der Waals surface area contributed by atoms with Crippen LogP contribution in [0.3, 0.4) is 0 Å². The van der Waals surface area contributed by atoms with Gasteiger partial charge in [0, 0.05) is 24.7 Å². The van der Waals surface area contributed by atoms with Crippen molar-refractivity contribution in [3.05, 3.63) is 28.8 Å². The monoisotopic (exact) mass is 250 g/mol. The quantitative estimate of drug-likeness (QED) is 0.896. The number of nitriles is 1. The maximum absolute atomic E-state index is 9.08. The lowest BCUT2D eigenvalue weighted by Crippen LogP contribution is -2.20. The van der Waals surface area contributed by atoms with E-state index in [0.717, 1.165) is 31.6 Å². The van der Waals surface area contributed by atoms with E-state index in [1.54, 1.807) is 12.1 Å². The zero-order chi connectivity index (χ0) is 12.3. The van der Waals surface area contributed by atoms with Crippen molar-refractivity contribution < 1.29 is 5.11 Å². The lowest BCUT2D eigenvalue weighted by molar-refractivity contribution is 0.263. The Hall–Kier alpha value is -1.24. The molecule has 0 saturated carbocycles. The summed E-state index contributed by atoms with van der Waals surface area (Å²) < 4.78 is 0. The molecular formula is C13H15ClN2O. The van der Waals surface area contributed by atoms with E-state index in [4.69, 9.17) is 22.0 Å². The average Bonchev–Trinajstić information content (AvgIpc) is 2.78. The molecule has 1 aliphatic heterocycles. The molecule has 1 unspecified atom stereocenters. The summed E-state index contributed by atoms with van der Waals surface area (Å²) >= 11 is 5.97. The molecule has 1 heterocycles. The van der Waals surface area contributed by atoms with E-state index in [-0.39, 0.29) is 6.61 Å². The minimum Gasteiger partial charge on any atom is -0.396 e. The molecule has 17 heavy (non-hydrogen) atoms. The molecular weight excluding hydrogens is 236 g/mol. The minimum atomic E-state index is 0.235. The standard InChI is InChI=1S/C13H15ClN2O/c14-12-2-1-11(8-15)13(7-12)16-5-3-10(9-16)4-6-17/h1-2,7,10,17H,3-6,9H2. The van der Waals surface area contributed by atoms with E-state index < -0.39 is 0 Å². The predicted octanol–water partition coefficient (Wildman–Crippen LogP) is 2.42. The Kier molecular flexibility index (Phi) is 3.88. The second kappa shape index (κ2) is 5.39. The highest BCUT2D eigenvalue weighted by molar-refractivity contribution is 6.30. The van der Waals surface area contributed by atoms with Gasteiger partial charge in [-0.2, -0.15) is 5.26 Å². The Bertz CT molecular complexity index is 442. The normalized spacial score (nSPS) is 19.4. The van der Waals surface area contributed by atoms with Gasteiger partial charge in [0.25, 0.3) is 0 Å². The summed E-state index contributed by atoms with van der Waals surface area (Å²) in [5.41, 5.74) is 1.58. The maximum atomic E-state index is 9.08. The van der Waals surface area contributed by atoms with Gasteiger partial charge >= 0.3 is 0 Å². The van der Waals surface area contributed by atoms with Gasteiger partial charge in [0.2, 0.25) is 0 Å². The van der Waals surface area contributed by atoms with E-state index in [1.807, 2.05) is 6.07 Å². The number of anilines is 1. The van der Waals surface area contributed by atoms with E-state index in [1.165, 1.54) is 0 Å². The maximum Gasteiger partial charge on any atom is 0.101 e. The second-order valence-electron chi connectivity index (χ2n) is 4.39. The van der Waals surface area contributed by atoms with Crippen molar-refractivity contribution in [3.63, 3.8) is 0 Å². The largest absolute Gasteiger partial charge is 0.396 e. The number of benzene rings is 1. The third-order valence-corrected chi connectivity index (χ3v) is 3.48. The molecule has 0 bridgehead atoms. The first-order valence-electron chi connectivity index (χ1n) is 5.80. The van der Waals surface area contributed by atoms with Gasteiger partial charge in [0.1, 0.15) is 6.07 Å². The molecule has 1 aliphatic rings. The van der Waals surface area contributed by atoms with Crippen LogP contribution in [0.5, 0.6) is 0 Å². The third kappa shape index (κ3) is 2.71. The van der Waals surface area contributed by atoms with Crippen LogP contribution in [-0.4, -0.2) is 24.8 Å². The number of hydrogen-bond acceptors (Lipinski definition) is 3. The first-order valence-corrected chi connectivity index (χ1v) is 6.18. The Morgan fingerprint density at radius 3 is 3.06 bits per heavy atom. The minimum absolute atomic E-state index is 0.235. The Labute approximate surface area is 106 Å². The number of aliphatic hydroxyl groups is 1. The highest BCUT2D eigenvalue weighted by Gasteiger charge is 2.23. The number of rotatable bonds is 3. The van der Waals surface area contributed by atoms with Crippen LogP contribution in [0.1, 0.15) is 18.4 Å². The fraction of sp³-hybridized carbons (Fsp3) is 0.462. The van der Waals surface area contributed by atoms with Crippen LogP contribution >= 0.6 is 11.6 Å². The molecule has 0 radical (unpaired) electrons. The second-order valence-corrected chi connectivity index (χ2v) is 4.82. The van der Waals surface area contributed by atoms with Crippen molar-refractivity contribution in [2.75, 3.05) is 24.6 Å². The first-order chi connectivity index (χ1) is 8.24. The van der Waals surface area contributed by atoms with Crippen LogP contribution < -0.4 is 4.90 Å². The fourth-order valence-corrected chi connectivity index (χ4v) is 2.50. The van der Waals surface area contributed by atoms with Crippen molar-refractivity contribution in [2.24, 2.45) is 5.92 Å². The molecule has 0 aliphatic carbocycles. The van der Waals surface area contributed by atoms with Gasteiger partial charge in [-0.15, -0.1) is 0 Å². The zero-order valence-electron chi connectivity index (χ0n) is 9.56. The summed E-state index contributed by atoms with van der Waals surface area (Å²) in [5, 5.41) is 18.7. The van der Waals surface area contributed by atoms with E-state index in [0.29, 0.717) is 16.5 Å². The van der Waals surface area contributed by atoms with Crippen LogP contribution in [0.2, 0.25) is 5.02 Å². The van der Waals surface area contributed by atoms with Gasteiger partial charge in [-0.05, 0) is 37.0 Å². The highest BCUT2D eigenvalue weighted by atomic mass is 35.5. The molecule has 1 aromatic carbocycles. The smallest absolute Gasteiger partial charge is 0.101 e. The van der Waals surface area contributed by atoms with Gasteiger partial charge < -0.3 is 10.0 Å². The number of hydrogen-bond donors (Lipinski definition) is 1. The van der Waals surface area contributed by atoms with Crippen molar-refractivity contribution in [1.82, 2.24) is 0 Å². The molecule has 0 amide bonds.